The van der Waals surface area contributed by atoms with E-state index in [1.807, 2.05) is 12.1 Å². The number of halogens is 1. The van der Waals surface area contributed by atoms with Gasteiger partial charge in [0.1, 0.15) is 5.82 Å². The first-order chi connectivity index (χ1) is 12.1. The molecule has 0 atom stereocenters. The third kappa shape index (κ3) is 3.97. The molecule has 0 bridgehead atoms. The molecule has 6 heteroatoms. The summed E-state index contributed by atoms with van der Waals surface area (Å²) in [6, 6.07) is 15.7. The van der Waals surface area contributed by atoms with Crippen LogP contribution in [0.15, 0.2) is 59.5 Å². The molecule has 1 heterocycles. The van der Waals surface area contributed by atoms with Gasteiger partial charge >= 0.3 is 0 Å². The van der Waals surface area contributed by atoms with Crippen molar-refractivity contribution in [3.63, 3.8) is 0 Å². The Hall–Kier alpha value is -1.76. The second-order valence-corrected chi connectivity index (χ2v) is 15.9. The van der Waals surface area contributed by atoms with Crippen molar-refractivity contribution >= 4 is 33.7 Å². The molecule has 0 radical (unpaired) electrons. The fourth-order valence-corrected chi connectivity index (χ4v) is 6.35. The van der Waals surface area contributed by atoms with Crippen molar-refractivity contribution in [2.45, 2.75) is 24.5 Å². The Morgan fingerprint density at radius 1 is 0.885 bits per heavy atom. The van der Waals surface area contributed by atoms with Crippen LogP contribution in [0.5, 0.6) is 0 Å². The summed E-state index contributed by atoms with van der Waals surface area (Å²) in [6.45, 7) is 6.89. The number of hydrogen-bond donors (Lipinski definition) is 0. The van der Waals surface area contributed by atoms with Crippen LogP contribution in [-0.4, -0.2) is 22.7 Å². The number of benzene rings is 2. The molecule has 1 aromatic heterocycles. The Labute approximate surface area is 159 Å². The van der Waals surface area contributed by atoms with Gasteiger partial charge in [0.25, 0.3) is 0 Å². The fraction of sp³-hybridized carbons (Fsp3) is 0.200. The third-order valence-corrected chi connectivity index (χ3v) is 10.1. The Morgan fingerprint density at radius 2 is 1.42 bits per heavy atom. The zero-order valence-electron chi connectivity index (χ0n) is 15.2. The lowest BCUT2D eigenvalue weighted by Gasteiger charge is -2.12. The van der Waals surface area contributed by atoms with Crippen LogP contribution in [0, 0.1) is 5.82 Å². The Kier molecular flexibility index (Phi) is 4.94. The molecule has 0 aliphatic rings. The quantitative estimate of drug-likeness (QED) is 0.562. The topological polar surface area (TPSA) is 34.1 Å². The average Bonchev–Trinajstić information content (AvgIpc) is 3.00. The highest BCUT2D eigenvalue weighted by Crippen LogP contribution is 2.37. The summed E-state index contributed by atoms with van der Waals surface area (Å²) in [6.07, 6.45) is 1.21. The van der Waals surface area contributed by atoms with Crippen LogP contribution >= 0.6 is 11.3 Å². The smallest absolute Gasteiger partial charge is 0.175 e. The van der Waals surface area contributed by atoms with E-state index in [-0.39, 0.29) is 5.82 Å². The molecule has 26 heavy (non-hydrogen) atoms. The van der Waals surface area contributed by atoms with E-state index in [4.69, 9.17) is 0 Å². The summed E-state index contributed by atoms with van der Waals surface area (Å²) in [5.74, 6) is -0.255. The zero-order valence-corrected chi connectivity index (χ0v) is 17.8. The number of sulfone groups is 1. The van der Waals surface area contributed by atoms with Gasteiger partial charge in [0.05, 0.1) is 13.0 Å². The molecule has 0 fully saturated rings. The maximum Gasteiger partial charge on any atom is 0.175 e. The van der Waals surface area contributed by atoms with Crippen molar-refractivity contribution in [2.75, 3.05) is 6.26 Å². The molecule has 0 saturated carbocycles. The maximum absolute atomic E-state index is 13.3. The summed E-state index contributed by atoms with van der Waals surface area (Å²) in [7, 11) is -4.73. The van der Waals surface area contributed by atoms with Crippen LogP contribution in [-0.2, 0) is 9.84 Å². The van der Waals surface area contributed by atoms with Gasteiger partial charge in [-0.3, -0.25) is 0 Å². The largest absolute Gasteiger partial charge is 0.224 e. The first-order valence-corrected chi connectivity index (χ1v) is 14.5. The molecule has 3 rings (SSSR count). The maximum atomic E-state index is 13.3. The standard InChI is InChI=1S/C20H21FO2S2Si/c1-25(22,23)17-11-7-14(8-12-17)18-13-19(26(2,3)4)24-20(18)15-5-9-16(21)10-6-15/h5-13H,1-4H3. The van der Waals surface area contributed by atoms with Gasteiger partial charge in [0.15, 0.2) is 9.84 Å². The van der Waals surface area contributed by atoms with Gasteiger partial charge in [-0.25, -0.2) is 12.8 Å². The van der Waals surface area contributed by atoms with E-state index in [9.17, 15) is 12.8 Å². The van der Waals surface area contributed by atoms with Gasteiger partial charge in [0, 0.05) is 16.7 Å². The molecule has 2 aromatic carbocycles. The van der Waals surface area contributed by atoms with Crippen LogP contribution in [0.25, 0.3) is 21.6 Å². The summed E-state index contributed by atoms with van der Waals surface area (Å²) < 4.78 is 38.1. The van der Waals surface area contributed by atoms with E-state index in [0.29, 0.717) is 4.90 Å². The molecule has 2 nitrogen and oxygen atoms in total. The average molecular weight is 405 g/mol. The normalized spacial score (nSPS) is 12.3. The molecule has 3 aromatic rings. The van der Waals surface area contributed by atoms with Crippen molar-refractivity contribution < 1.29 is 12.8 Å². The SMILES string of the molecule is C[Si](C)(C)c1cc(-c2ccc(S(C)(=O)=O)cc2)c(-c2ccc(F)cc2)s1. The molecular weight excluding hydrogens is 383 g/mol. The molecule has 0 aliphatic heterocycles. The highest BCUT2D eigenvalue weighted by atomic mass is 32.2. The monoisotopic (exact) mass is 404 g/mol. The Balaban J connectivity index is 2.16. The van der Waals surface area contributed by atoms with Gasteiger partial charge < -0.3 is 0 Å². The van der Waals surface area contributed by atoms with Gasteiger partial charge in [-0.15, -0.1) is 11.3 Å². The Bertz CT molecular complexity index is 1030. The van der Waals surface area contributed by atoms with Gasteiger partial charge in [-0.05, 0) is 46.0 Å². The predicted molar refractivity (Wildman–Crippen MR) is 111 cm³/mol. The lowest BCUT2D eigenvalue weighted by atomic mass is 10.0. The highest BCUT2D eigenvalue weighted by molar-refractivity contribution is 7.90. The summed E-state index contributed by atoms with van der Waals surface area (Å²) in [5.41, 5.74) is 3.01. The lowest BCUT2D eigenvalue weighted by molar-refractivity contribution is 0.602. The van der Waals surface area contributed by atoms with Crippen LogP contribution in [0.1, 0.15) is 0 Å². The highest BCUT2D eigenvalue weighted by Gasteiger charge is 2.23. The van der Waals surface area contributed by atoms with Crippen LogP contribution in [0.4, 0.5) is 4.39 Å². The first kappa shape index (κ1) is 19.0. The summed E-state index contributed by atoms with van der Waals surface area (Å²) in [4.78, 5) is 1.40. The minimum absolute atomic E-state index is 0.255. The van der Waals surface area contributed by atoms with Gasteiger partial charge in [0.2, 0.25) is 0 Å². The van der Waals surface area contributed by atoms with Crippen LogP contribution in [0.3, 0.4) is 0 Å². The molecule has 0 N–H and O–H groups in total. The molecular formula is C20H21FO2S2Si. The van der Waals surface area contributed by atoms with E-state index >= 15 is 0 Å². The van der Waals surface area contributed by atoms with E-state index in [2.05, 4.69) is 25.7 Å². The van der Waals surface area contributed by atoms with E-state index in [1.165, 1.54) is 22.9 Å². The van der Waals surface area contributed by atoms with Crippen molar-refractivity contribution in [3.8, 4) is 21.6 Å². The minimum Gasteiger partial charge on any atom is -0.224 e. The number of rotatable bonds is 4. The predicted octanol–water partition coefficient (Wildman–Crippen LogP) is 5.17. The van der Waals surface area contributed by atoms with Crippen molar-refractivity contribution in [1.82, 2.24) is 0 Å². The molecule has 0 unspecified atom stereocenters. The second kappa shape index (κ2) is 6.76. The first-order valence-electron chi connectivity index (χ1n) is 8.26. The molecule has 0 amide bonds. The van der Waals surface area contributed by atoms with E-state index < -0.39 is 17.9 Å². The summed E-state index contributed by atoms with van der Waals surface area (Å²) >= 11 is 1.75. The summed E-state index contributed by atoms with van der Waals surface area (Å²) in [5, 5.41) is 0. The lowest BCUT2D eigenvalue weighted by Crippen LogP contribution is -2.34. The number of hydrogen-bond acceptors (Lipinski definition) is 3. The van der Waals surface area contributed by atoms with E-state index in [0.717, 1.165) is 21.6 Å². The van der Waals surface area contributed by atoms with E-state index in [1.54, 1.807) is 35.6 Å². The van der Waals surface area contributed by atoms with Gasteiger partial charge in [-0.1, -0.05) is 43.9 Å². The Morgan fingerprint density at radius 3 is 1.92 bits per heavy atom. The van der Waals surface area contributed by atoms with Crippen LogP contribution < -0.4 is 4.50 Å². The third-order valence-electron chi connectivity index (χ3n) is 4.17. The second-order valence-electron chi connectivity index (χ2n) is 7.41. The minimum atomic E-state index is -3.22. The van der Waals surface area contributed by atoms with Gasteiger partial charge in [-0.2, -0.15) is 0 Å². The molecule has 0 saturated heterocycles. The molecule has 0 spiro atoms. The molecule has 0 aliphatic carbocycles. The number of thiophene rings is 1. The van der Waals surface area contributed by atoms with Crippen molar-refractivity contribution in [3.05, 3.63) is 60.4 Å². The van der Waals surface area contributed by atoms with Crippen molar-refractivity contribution in [2.24, 2.45) is 0 Å². The molecule has 136 valence electrons. The fourth-order valence-electron chi connectivity index (χ4n) is 2.67. The van der Waals surface area contributed by atoms with Crippen LogP contribution in [0.2, 0.25) is 19.6 Å². The van der Waals surface area contributed by atoms with Crippen molar-refractivity contribution in [1.29, 1.82) is 0 Å². The zero-order chi connectivity index (χ0) is 19.1.